The first-order valence-electron chi connectivity index (χ1n) is 7.36. The molecule has 2 aromatic carbocycles. The van der Waals surface area contributed by atoms with Crippen molar-refractivity contribution in [2.24, 2.45) is 0 Å². The summed E-state index contributed by atoms with van der Waals surface area (Å²) in [5, 5.41) is 15.1. The number of anilines is 1. The zero-order valence-electron chi connectivity index (χ0n) is 12.8. The maximum Gasteiger partial charge on any atom is 0.319 e. The molecule has 2 aromatic rings. The maximum absolute atomic E-state index is 13.6. The van der Waals surface area contributed by atoms with E-state index in [1.54, 1.807) is 0 Å². The molecular formula is C17H16F2N2O3. The Bertz CT molecular complexity index is 759. The molecule has 3 rings (SSSR count). The lowest BCUT2D eigenvalue weighted by Crippen LogP contribution is -2.36. The number of ether oxygens (including phenoxy) is 1. The third-order valence-corrected chi connectivity index (χ3v) is 3.95. The Labute approximate surface area is 137 Å². The smallest absolute Gasteiger partial charge is 0.319 e. The predicted molar refractivity (Wildman–Crippen MR) is 84.0 cm³/mol. The molecule has 0 aromatic heterocycles. The molecule has 2 amide bonds. The molecule has 1 aliphatic carbocycles. The summed E-state index contributed by atoms with van der Waals surface area (Å²) < 4.78 is 31.9. The highest BCUT2D eigenvalue weighted by Gasteiger charge is 2.31. The third kappa shape index (κ3) is 3.03. The number of hydrogen-bond donors (Lipinski definition) is 3. The van der Waals surface area contributed by atoms with Crippen LogP contribution in [0.25, 0.3) is 0 Å². The van der Waals surface area contributed by atoms with Crippen molar-refractivity contribution in [3.8, 4) is 5.75 Å². The minimum Gasteiger partial charge on any atom is -0.491 e. The van der Waals surface area contributed by atoms with E-state index in [9.17, 15) is 18.7 Å². The SMILES string of the molecule is COc1c(F)cc(NC(=O)N[C@H]2c3ccccc3C[C@H]2O)cc1F. The first kappa shape index (κ1) is 16.2. The van der Waals surface area contributed by atoms with Gasteiger partial charge in [-0.05, 0) is 11.1 Å². The second-order valence-corrected chi connectivity index (χ2v) is 5.52. The Morgan fingerprint density at radius 1 is 1.25 bits per heavy atom. The van der Waals surface area contributed by atoms with Gasteiger partial charge in [-0.1, -0.05) is 24.3 Å². The summed E-state index contributed by atoms with van der Waals surface area (Å²) in [5.41, 5.74) is 1.73. The van der Waals surface area contributed by atoms with Gasteiger partial charge >= 0.3 is 6.03 Å². The average Bonchev–Trinajstić information content (AvgIpc) is 2.83. The van der Waals surface area contributed by atoms with Crippen molar-refractivity contribution >= 4 is 11.7 Å². The Balaban J connectivity index is 1.73. The second-order valence-electron chi connectivity index (χ2n) is 5.52. The Morgan fingerprint density at radius 2 is 1.92 bits per heavy atom. The van der Waals surface area contributed by atoms with Gasteiger partial charge in [0.15, 0.2) is 17.4 Å². The molecule has 3 N–H and O–H groups in total. The Hall–Kier alpha value is -2.67. The van der Waals surface area contributed by atoms with Crippen molar-refractivity contribution in [2.45, 2.75) is 18.6 Å². The number of nitrogens with one attached hydrogen (secondary N) is 2. The van der Waals surface area contributed by atoms with E-state index in [0.29, 0.717) is 6.42 Å². The van der Waals surface area contributed by atoms with E-state index < -0.39 is 35.6 Å². The van der Waals surface area contributed by atoms with Gasteiger partial charge in [0.1, 0.15) is 0 Å². The Kier molecular flexibility index (Phi) is 4.35. The highest BCUT2D eigenvalue weighted by molar-refractivity contribution is 5.89. The van der Waals surface area contributed by atoms with E-state index in [4.69, 9.17) is 0 Å². The fourth-order valence-corrected chi connectivity index (χ4v) is 2.88. The molecule has 0 saturated heterocycles. The summed E-state index contributed by atoms with van der Waals surface area (Å²) in [6, 6.07) is 8.06. The first-order chi connectivity index (χ1) is 11.5. The van der Waals surface area contributed by atoms with Crippen LogP contribution in [0.5, 0.6) is 5.75 Å². The number of aliphatic hydroxyl groups is 1. The van der Waals surface area contributed by atoms with E-state index in [1.807, 2.05) is 24.3 Å². The molecule has 0 bridgehead atoms. The lowest BCUT2D eigenvalue weighted by Gasteiger charge is -2.18. The number of hydrogen-bond acceptors (Lipinski definition) is 3. The minimum absolute atomic E-state index is 0.0518. The summed E-state index contributed by atoms with van der Waals surface area (Å²) in [4.78, 5) is 12.1. The molecule has 2 atom stereocenters. The van der Waals surface area contributed by atoms with Crippen LogP contribution in [0.1, 0.15) is 17.2 Å². The molecule has 126 valence electrons. The van der Waals surface area contributed by atoms with Crippen LogP contribution in [0.3, 0.4) is 0 Å². The van der Waals surface area contributed by atoms with Crippen LogP contribution in [0.15, 0.2) is 36.4 Å². The monoisotopic (exact) mass is 334 g/mol. The molecule has 7 heteroatoms. The van der Waals surface area contributed by atoms with Crippen LogP contribution in [-0.2, 0) is 6.42 Å². The van der Waals surface area contributed by atoms with E-state index >= 15 is 0 Å². The van der Waals surface area contributed by atoms with Crippen molar-refractivity contribution in [3.05, 3.63) is 59.2 Å². The van der Waals surface area contributed by atoms with Gasteiger partial charge in [-0.25, -0.2) is 13.6 Å². The highest BCUT2D eigenvalue weighted by atomic mass is 19.1. The largest absolute Gasteiger partial charge is 0.491 e. The maximum atomic E-state index is 13.6. The van der Waals surface area contributed by atoms with Crippen molar-refractivity contribution in [2.75, 3.05) is 12.4 Å². The van der Waals surface area contributed by atoms with E-state index in [2.05, 4.69) is 15.4 Å². The van der Waals surface area contributed by atoms with Gasteiger partial charge in [0.2, 0.25) is 0 Å². The number of fused-ring (bicyclic) bond motifs is 1. The van der Waals surface area contributed by atoms with Crippen molar-refractivity contribution in [1.82, 2.24) is 5.32 Å². The van der Waals surface area contributed by atoms with Crippen LogP contribution < -0.4 is 15.4 Å². The standard InChI is InChI=1S/C17H16F2N2O3/c1-24-16-12(18)7-10(8-13(16)19)20-17(23)21-15-11-5-3-2-4-9(11)6-14(15)22/h2-5,7-8,14-15,22H,6H2,1H3,(H2,20,21,23)/t14-,15+/m1/s1. The van der Waals surface area contributed by atoms with Crippen LogP contribution >= 0.6 is 0 Å². The molecule has 0 saturated carbocycles. The molecule has 0 radical (unpaired) electrons. The number of amides is 2. The van der Waals surface area contributed by atoms with Crippen molar-refractivity contribution in [3.63, 3.8) is 0 Å². The van der Waals surface area contributed by atoms with Crippen LogP contribution in [0.2, 0.25) is 0 Å². The van der Waals surface area contributed by atoms with E-state index in [1.165, 1.54) is 0 Å². The van der Waals surface area contributed by atoms with Gasteiger partial charge in [0, 0.05) is 24.2 Å². The number of rotatable bonds is 3. The van der Waals surface area contributed by atoms with E-state index in [-0.39, 0.29) is 5.69 Å². The third-order valence-electron chi connectivity index (χ3n) is 3.95. The molecule has 0 aliphatic heterocycles. The number of halogens is 2. The van der Waals surface area contributed by atoms with Crippen molar-refractivity contribution in [1.29, 1.82) is 0 Å². The minimum atomic E-state index is -0.918. The number of benzene rings is 2. The Morgan fingerprint density at radius 3 is 2.58 bits per heavy atom. The lowest BCUT2D eigenvalue weighted by molar-refractivity contribution is 0.144. The van der Waals surface area contributed by atoms with E-state index in [0.717, 1.165) is 30.4 Å². The summed E-state index contributed by atoms with van der Waals surface area (Å²) in [7, 11) is 1.15. The number of carbonyl (C=O) groups is 1. The number of carbonyl (C=O) groups excluding carboxylic acids is 1. The average molecular weight is 334 g/mol. The zero-order valence-corrected chi connectivity index (χ0v) is 12.8. The predicted octanol–water partition coefficient (Wildman–Crippen LogP) is 2.75. The van der Waals surface area contributed by atoms with Gasteiger partial charge in [-0.15, -0.1) is 0 Å². The van der Waals surface area contributed by atoms with Gasteiger partial charge < -0.3 is 20.5 Å². The second kappa shape index (κ2) is 6.45. The topological polar surface area (TPSA) is 70.6 Å². The summed E-state index contributed by atoms with van der Waals surface area (Å²) in [5.74, 6) is -2.35. The zero-order chi connectivity index (χ0) is 17.3. The van der Waals surface area contributed by atoms with Crippen LogP contribution in [0.4, 0.5) is 19.3 Å². The number of urea groups is 1. The van der Waals surface area contributed by atoms with Crippen LogP contribution in [-0.4, -0.2) is 24.4 Å². The molecule has 0 unspecified atom stereocenters. The fourth-order valence-electron chi connectivity index (χ4n) is 2.88. The van der Waals surface area contributed by atoms with Gasteiger partial charge in [0.05, 0.1) is 19.3 Å². The molecule has 0 fully saturated rings. The van der Waals surface area contributed by atoms with Gasteiger partial charge in [-0.2, -0.15) is 0 Å². The summed E-state index contributed by atoms with van der Waals surface area (Å²) in [6.07, 6.45) is -0.315. The fraction of sp³-hybridized carbons (Fsp3) is 0.235. The molecule has 1 aliphatic rings. The number of aliphatic hydroxyl groups excluding tert-OH is 1. The molecule has 0 spiro atoms. The molecule has 0 heterocycles. The summed E-state index contributed by atoms with van der Waals surface area (Å²) in [6.45, 7) is 0. The molecule has 24 heavy (non-hydrogen) atoms. The summed E-state index contributed by atoms with van der Waals surface area (Å²) >= 11 is 0. The lowest BCUT2D eigenvalue weighted by atomic mass is 10.1. The van der Waals surface area contributed by atoms with Crippen molar-refractivity contribution < 1.29 is 23.4 Å². The van der Waals surface area contributed by atoms with Crippen LogP contribution in [0, 0.1) is 11.6 Å². The first-order valence-corrected chi connectivity index (χ1v) is 7.36. The number of methoxy groups -OCH3 is 1. The van der Waals surface area contributed by atoms with Gasteiger partial charge in [0.25, 0.3) is 0 Å². The molecule has 5 nitrogen and oxygen atoms in total. The quantitative estimate of drug-likeness (QED) is 0.808. The molecular weight excluding hydrogens is 318 g/mol. The van der Waals surface area contributed by atoms with Gasteiger partial charge in [-0.3, -0.25) is 0 Å². The normalized spacial score (nSPS) is 18.8. The highest BCUT2D eigenvalue weighted by Crippen LogP contribution is 2.31.